The molecule has 0 aliphatic carbocycles. The fraction of sp³-hybridized carbons (Fsp3) is 0.125. The van der Waals surface area contributed by atoms with Crippen LogP contribution in [0.5, 0.6) is 0 Å². The molecule has 0 radical (unpaired) electrons. The second-order valence-electron chi connectivity index (χ2n) is 7.00. The van der Waals surface area contributed by atoms with Crippen molar-refractivity contribution in [1.82, 2.24) is 14.8 Å². The van der Waals surface area contributed by atoms with Crippen LogP contribution < -0.4 is 5.32 Å². The van der Waals surface area contributed by atoms with Gasteiger partial charge in [0, 0.05) is 16.9 Å². The molecule has 1 aromatic heterocycles. The van der Waals surface area contributed by atoms with E-state index in [0.29, 0.717) is 5.16 Å². The van der Waals surface area contributed by atoms with Crippen molar-refractivity contribution in [3.05, 3.63) is 90.0 Å². The van der Waals surface area contributed by atoms with E-state index in [2.05, 4.69) is 28.5 Å². The molecule has 6 heteroatoms. The van der Waals surface area contributed by atoms with Crippen molar-refractivity contribution >= 4 is 23.4 Å². The molecule has 0 bridgehead atoms. The minimum atomic E-state index is -0.0781. The van der Waals surface area contributed by atoms with Crippen molar-refractivity contribution in [2.24, 2.45) is 0 Å². The van der Waals surface area contributed by atoms with E-state index in [1.807, 2.05) is 84.3 Å². The predicted molar refractivity (Wildman–Crippen MR) is 122 cm³/mol. The largest absolute Gasteiger partial charge is 0.325 e. The quantitative estimate of drug-likeness (QED) is 0.436. The lowest BCUT2D eigenvalue weighted by molar-refractivity contribution is -0.113. The van der Waals surface area contributed by atoms with Crippen LogP contribution in [0.3, 0.4) is 0 Å². The standard InChI is InChI=1S/C24H22N4OS/c1-17-9-8-11-19(15-17)25-22(29)16-30-24-27-26-23(21-14-7-6-10-18(21)2)28(24)20-12-4-3-5-13-20/h3-15H,16H2,1-2H3,(H,25,29). The smallest absolute Gasteiger partial charge is 0.234 e. The molecule has 0 saturated carbocycles. The van der Waals surface area contributed by atoms with Crippen molar-refractivity contribution in [1.29, 1.82) is 0 Å². The van der Waals surface area contributed by atoms with Gasteiger partial charge in [-0.1, -0.05) is 66.4 Å². The highest BCUT2D eigenvalue weighted by atomic mass is 32.2. The SMILES string of the molecule is Cc1cccc(NC(=O)CSc2nnc(-c3ccccc3C)n2-c2ccccc2)c1. The lowest BCUT2D eigenvalue weighted by Crippen LogP contribution is -2.14. The number of nitrogens with zero attached hydrogens (tertiary/aromatic N) is 3. The third-order valence-electron chi connectivity index (χ3n) is 4.67. The maximum absolute atomic E-state index is 12.5. The Balaban J connectivity index is 1.60. The number of thioether (sulfide) groups is 1. The molecule has 1 amide bonds. The van der Waals surface area contributed by atoms with Crippen molar-refractivity contribution in [3.63, 3.8) is 0 Å². The van der Waals surface area contributed by atoms with Gasteiger partial charge in [0.15, 0.2) is 11.0 Å². The zero-order chi connectivity index (χ0) is 20.9. The average molecular weight is 415 g/mol. The molecule has 0 aliphatic heterocycles. The van der Waals surface area contributed by atoms with Gasteiger partial charge in [0.1, 0.15) is 0 Å². The van der Waals surface area contributed by atoms with E-state index in [9.17, 15) is 4.79 Å². The second kappa shape index (κ2) is 8.97. The molecule has 0 atom stereocenters. The van der Waals surface area contributed by atoms with Crippen LogP contribution in [0.2, 0.25) is 0 Å². The molecular weight excluding hydrogens is 392 g/mol. The number of carbonyl (C=O) groups excluding carboxylic acids is 1. The van der Waals surface area contributed by atoms with E-state index in [1.165, 1.54) is 11.8 Å². The Morgan fingerprint density at radius 1 is 0.933 bits per heavy atom. The van der Waals surface area contributed by atoms with Crippen LogP contribution in [0.1, 0.15) is 11.1 Å². The number of carbonyl (C=O) groups is 1. The van der Waals surface area contributed by atoms with Crippen molar-refractivity contribution in [2.45, 2.75) is 19.0 Å². The summed E-state index contributed by atoms with van der Waals surface area (Å²) in [6, 6.07) is 25.8. The molecule has 1 N–H and O–H groups in total. The number of aromatic nitrogens is 3. The fourth-order valence-corrected chi connectivity index (χ4v) is 3.97. The van der Waals surface area contributed by atoms with Gasteiger partial charge in [-0.05, 0) is 49.2 Å². The van der Waals surface area contributed by atoms with Gasteiger partial charge in [0.05, 0.1) is 5.75 Å². The van der Waals surface area contributed by atoms with Gasteiger partial charge in [-0.15, -0.1) is 10.2 Å². The summed E-state index contributed by atoms with van der Waals surface area (Å²) in [5.41, 5.74) is 5.00. The van der Waals surface area contributed by atoms with Crippen LogP contribution >= 0.6 is 11.8 Å². The third kappa shape index (κ3) is 4.44. The number of anilines is 1. The first kappa shape index (κ1) is 19.9. The van der Waals surface area contributed by atoms with Gasteiger partial charge >= 0.3 is 0 Å². The number of hydrogen-bond acceptors (Lipinski definition) is 4. The van der Waals surface area contributed by atoms with Crippen molar-refractivity contribution in [2.75, 3.05) is 11.1 Å². The van der Waals surface area contributed by atoms with Crippen LogP contribution in [0.25, 0.3) is 17.1 Å². The first-order valence-corrected chi connectivity index (χ1v) is 10.7. The van der Waals surface area contributed by atoms with Crippen LogP contribution in [-0.2, 0) is 4.79 Å². The Labute approximate surface area is 180 Å². The molecule has 0 unspecified atom stereocenters. The van der Waals surface area contributed by atoms with Gasteiger partial charge in [-0.25, -0.2) is 0 Å². The number of benzene rings is 3. The maximum Gasteiger partial charge on any atom is 0.234 e. The first-order chi connectivity index (χ1) is 14.6. The summed E-state index contributed by atoms with van der Waals surface area (Å²) in [5.74, 6) is 0.929. The minimum Gasteiger partial charge on any atom is -0.325 e. The van der Waals surface area contributed by atoms with Crippen LogP contribution in [0.15, 0.2) is 84.0 Å². The van der Waals surface area contributed by atoms with Gasteiger partial charge < -0.3 is 5.32 Å². The highest BCUT2D eigenvalue weighted by Gasteiger charge is 2.18. The highest BCUT2D eigenvalue weighted by molar-refractivity contribution is 7.99. The van der Waals surface area contributed by atoms with E-state index in [-0.39, 0.29) is 11.7 Å². The predicted octanol–water partition coefficient (Wildman–Crippen LogP) is 5.28. The molecule has 150 valence electrons. The maximum atomic E-state index is 12.5. The van der Waals surface area contributed by atoms with Crippen LogP contribution in [0, 0.1) is 13.8 Å². The number of amides is 1. The topological polar surface area (TPSA) is 59.8 Å². The molecule has 5 nitrogen and oxygen atoms in total. The highest BCUT2D eigenvalue weighted by Crippen LogP contribution is 2.29. The normalized spacial score (nSPS) is 10.7. The fourth-order valence-electron chi connectivity index (χ4n) is 3.22. The number of aryl methyl sites for hydroxylation is 2. The van der Waals surface area contributed by atoms with Crippen LogP contribution in [-0.4, -0.2) is 26.4 Å². The molecule has 0 saturated heterocycles. The minimum absolute atomic E-state index is 0.0781. The van der Waals surface area contributed by atoms with Gasteiger partial charge in [0.2, 0.25) is 5.91 Å². The summed E-state index contributed by atoms with van der Waals surface area (Å²) < 4.78 is 2.01. The summed E-state index contributed by atoms with van der Waals surface area (Å²) in [7, 11) is 0. The Morgan fingerprint density at radius 3 is 2.47 bits per heavy atom. The molecule has 0 spiro atoms. The Kier molecular flexibility index (Phi) is 5.95. The molecule has 1 heterocycles. The van der Waals surface area contributed by atoms with Gasteiger partial charge in [0.25, 0.3) is 0 Å². The molecule has 0 fully saturated rings. The van der Waals surface area contributed by atoms with E-state index in [1.54, 1.807) is 0 Å². The van der Waals surface area contributed by atoms with E-state index in [0.717, 1.165) is 33.9 Å². The number of para-hydroxylation sites is 1. The zero-order valence-corrected chi connectivity index (χ0v) is 17.7. The summed E-state index contributed by atoms with van der Waals surface area (Å²) >= 11 is 1.37. The van der Waals surface area contributed by atoms with Crippen molar-refractivity contribution in [3.8, 4) is 17.1 Å². The second-order valence-corrected chi connectivity index (χ2v) is 7.94. The molecular formula is C24H22N4OS. The molecule has 3 aromatic carbocycles. The Bertz CT molecular complexity index is 1170. The summed E-state index contributed by atoms with van der Waals surface area (Å²) in [5, 5.41) is 12.5. The lowest BCUT2D eigenvalue weighted by Gasteiger charge is -2.11. The number of rotatable bonds is 6. The van der Waals surface area contributed by atoms with Gasteiger partial charge in [-0.2, -0.15) is 0 Å². The molecule has 0 aliphatic rings. The summed E-state index contributed by atoms with van der Waals surface area (Å²) in [4.78, 5) is 12.5. The monoisotopic (exact) mass is 414 g/mol. The van der Waals surface area contributed by atoms with Crippen LogP contribution in [0.4, 0.5) is 5.69 Å². The Morgan fingerprint density at radius 2 is 1.70 bits per heavy atom. The number of hydrogen-bond donors (Lipinski definition) is 1. The van der Waals surface area contributed by atoms with Gasteiger partial charge in [-0.3, -0.25) is 9.36 Å². The lowest BCUT2D eigenvalue weighted by atomic mass is 10.1. The van der Waals surface area contributed by atoms with E-state index >= 15 is 0 Å². The first-order valence-electron chi connectivity index (χ1n) is 9.68. The summed E-state index contributed by atoms with van der Waals surface area (Å²) in [6.45, 7) is 4.06. The number of nitrogens with one attached hydrogen (secondary N) is 1. The molecule has 30 heavy (non-hydrogen) atoms. The Hall–Kier alpha value is -3.38. The molecule has 4 rings (SSSR count). The zero-order valence-electron chi connectivity index (χ0n) is 16.9. The average Bonchev–Trinajstić information content (AvgIpc) is 3.17. The molecule has 4 aromatic rings. The van der Waals surface area contributed by atoms with E-state index < -0.39 is 0 Å². The third-order valence-corrected chi connectivity index (χ3v) is 5.60. The van der Waals surface area contributed by atoms with Crippen molar-refractivity contribution < 1.29 is 4.79 Å². The van der Waals surface area contributed by atoms with E-state index in [4.69, 9.17) is 0 Å². The summed E-state index contributed by atoms with van der Waals surface area (Å²) in [6.07, 6.45) is 0.